The molecule has 8 nitrogen and oxygen atoms in total. The van der Waals surface area contributed by atoms with Crippen LogP contribution in [0.3, 0.4) is 0 Å². The number of ether oxygens (including phenoxy) is 1. The summed E-state index contributed by atoms with van der Waals surface area (Å²) in [5, 5.41) is 3.17. The van der Waals surface area contributed by atoms with Gasteiger partial charge in [-0.25, -0.2) is 9.36 Å². The van der Waals surface area contributed by atoms with Gasteiger partial charge in [-0.05, 0) is 61.9 Å². The first-order valence-electron chi connectivity index (χ1n) is 10.6. The third kappa shape index (κ3) is 4.69. The molecule has 168 valence electrons. The van der Waals surface area contributed by atoms with Crippen molar-refractivity contribution in [2.75, 3.05) is 6.61 Å². The number of nitrogens with one attached hydrogen (secondary N) is 1. The number of aromatic nitrogens is 3. The maximum Gasteiger partial charge on any atom is 0.336 e. The van der Waals surface area contributed by atoms with Crippen molar-refractivity contribution in [3.63, 3.8) is 0 Å². The van der Waals surface area contributed by atoms with Gasteiger partial charge in [0, 0.05) is 18.9 Å². The standard InChI is InChI=1S/C25H24N4O4/c1-3-33-20-9-7-19(8-10-20)29-24(31)21-13-17(2)6-11-22(21)28(25(29)32)16-23(30)27-15-18-5-4-12-26-14-18/h4-14H,3,15-16H2,1-2H3,(H,27,30). The van der Waals surface area contributed by atoms with Crippen LogP contribution in [0, 0.1) is 6.92 Å². The quantitative estimate of drug-likeness (QED) is 0.473. The van der Waals surface area contributed by atoms with E-state index in [1.807, 2.05) is 26.0 Å². The van der Waals surface area contributed by atoms with Crippen LogP contribution in [0.2, 0.25) is 0 Å². The molecule has 0 saturated heterocycles. The van der Waals surface area contributed by atoms with Gasteiger partial charge in [0.05, 0.1) is 23.2 Å². The predicted octanol–water partition coefficient (Wildman–Crippen LogP) is 2.57. The van der Waals surface area contributed by atoms with Gasteiger partial charge in [-0.3, -0.25) is 19.1 Å². The number of carbonyl (C=O) groups excluding carboxylic acids is 1. The summed E-state index contributed by atoms with van der Waals surface area (Å²) < 4.78 is 7.87. The average Bonchev–Trinajstić information content (AvgIpc) is 2.82. The summed E-state index contributed by atoms with van der Waals surface area (Å²) in [6, 6.07) is 15.6. The normalized spacial score (nSPS) is 10.8. The van der Waals surface area contributed by atoms with Crippen molar-refractivity contribution in [1.82, 2.24) is 19.4 Å². The Morgan fingerprint density at radius 3 is 2.58 bits per heavy atom. The third-order valence-electron chi connectivity index (χ3n) is 5.22. The van der Waals surface area contributed by atoms with Crippen LogP contribution in [0.15, 0.2) is 76.6 Å². The number of fused-ring (bicyclic) bond motifs is 1. The van der Waals surface area contributed by atoms with Crippen LogP contribution >= 0.6 is 0 Å². The first kappa shape index (κ1) is 22.0. The zero-order chi connectivity index (χ0) is 23.4. The Morgan fingerprint density at radius 2 is 1.88 bits per heavy atom. The van der Waals surface area contributed by atoms with Crippen LogP contribution < -0.4 is 21.3 Å². The molecule has 0 aliphatic rings. The lowest BCUT2D eigenvalue weighted by molar-refractivity contribution is -0.121. The molecule has 4 rings (SSSR count). The second-order valence-electron chi connectivity index (χ2n) is 7.59. The highest BCUT2D eigenvalue weighted by atomic mass is 16.5. The number of aryl methyl sites for hydroxylation is 1. The molecule has 0 fully saturated rings. The Labute approximate surface area is 190 Å². The summed E-state index contributed by atoms with van der Waals surface area (Å²) in [4.78, 5) is 43.4. The van der Waals surface area contributed by atoms with Crippen LogP contribution in [0.25, 0.3) is 16.6 Å². The van der Waals surface area contributed by atoms with Crippen LogP contribution in [0.5, 0.6) is 5.75 Å². The van der Waals surface area contributed by atoms with E-state index in [4.69, 9.17) is 4.74 Å². The van der Waals surface area contributed by atoms with Crippen LogP contribution in [0.1, 0.15) is 18.1 Å². The molecule has 33 heavy (non-hydrogen) atoms. The highest BCUT2D eigenvalue weighted by Gasteiger charge is 2.17. The summed E-state index contributed by atoms with van der Waals surface area (Å²) in [6.45, 7) is 4.32. The van der Waals surface area contributed by atoms with Gasteiger partial charge >= 0.3 is 5.69 Å². The van der Waals surface area contributed by atoms with Gasteiger partial charge in [-0.1, -0.05) is 17.7 Å². The van der Waals surface area contributed by atoms with E-state index in [9.17, 15) is 14.4 Å². The van der Waals surface area contributed by atoms with Crippen molar-refractivity contribution in [2.24, 2.45) is 0 Å². The number of hydrogen-bond acceptors (Lipinski definition) is 5. The molecule has 0 unspecified atom stereocenters. The molecule has 0 aliphatic carbocycles. The smallest absolute Gasteiger partial charge is 0.336 e. The number of amides is 1. The fourth-order valence-electron chi connectivity index (χ4n) is 3.63. The van der Waals surface area contributed by atoms with E-state index in [0.717, 1.165) is 15.7 Å². The molecule has 1 N–H and O–H groups in total. The third-order valence-corrected chi connectivity index (χ3v) is 5.22. The molecule has 0 saturated carbocycles. The minimum absolute atomic E-state index is 0.226. The lowest BCUT2D eigenvalue weighted by Crippen LogP contribution is -2.41. The van der Waals surface area contributed by atoms with Crippen LogP contribution in [0.4, 0.5) is 0 Å². The zero-order valence-electron chi connectivity index (χ0n) is 18.4. The molecular formula is C25H24N4O4. The SMILES string of the molecule is CCOc1ccc(-n2c(=O)c3cc(C)ccc3n(CC(=O)NCc3cccnc3)c2=O)cc1. The Kier molecular flexibility index (Phi) is 6.35. The van der Waals surface area contributed by atoms with E-state index in [-0.39, 0.29) is 19.0 Å². The minimum atomic E-state index is -0.586. The fourth-order valence-corrected chi connectivity index (χ4v) is 3.63. The molecule has 0 aliphatic heterocycles. The van der Waals surface area contributed by atoms with E-state index in [1.54, 1.807) is 54.9 Å². The molecule has 0 radical (unpaired) electrons. The monoisotopic (exact) mass is 444 g/mol. The number of benzene rings is 2. The van der Waals surface area contributed by atoms with E-state index in [2.05, 4.69) is 10.3 Å². The number of nitrogens with zero attached hydrogens (tertiary/aromatic N) is 3. The summed E-state index contributed by atoms with van der Waals surface area (Å²) in [5.74, 6) is 0.292. The highest BCUT2D eigenvalue weighted by molar-refractivity contribution is 5.82. The minimum Gasteiger partial charge on any atom is -0.494 e. The van der Waals surface area contributed by atoms with Crippen molar-refractivity contribution in [1.29, 1.82) is 0 Å². The summed E-state index contributed by atoms with van der Waals surface area (Å²) in [5.41, 5.74) is 1.52. The Hall–Kier alpha value is -4.20. The van der Waals surface area contributed by atoms with Gasteiger partial charge in [-0.15, -0.1) is 0 Å². The molecule has 8 heteroatoms. The fraction of sp³-hybridized carbons (Fsp3) is 0.200. The summed E-state index contributed by atoms with van der Waals surface area (Å²) in [7, 11) is 0. The van der Waals surface area contributed by atoms with E-state index < -0.39 is 11.2 Å². The molecule has 4 aromatic rings. The predicted molar refractivity (Wildman–Crippen MR) is 126 cm³/mol. The van der Waals surface area contributed by atoms with E-state index in [1.165, 1.54) is 4.57 Å². The van der Waals surface area contributed by atoms with E-state index in [0.29, 0.717) is 28.9 Å². The highest BCUT2D eigenvalue weighted by Crippen LogP contribution is 2.16. The first-order chi connectivity index (χ1) is 16.0. The van der Waals surface area contributed by atoms with Gasteiger partial charge in [0.1, 0.15) is 12.3 Å². The van der Waals surface area contributed by atoms with Crippen molar-refractivity contribution < 1.29 is 9.53 Å². The van der Waals surface area contributed by atoms with Crippen molar-refractivity contribution in [2.45, 2.75) is 26.9 Å². The molecule has 0 atom stereocenters. The lowest BCUT2D eigenvalue weighted by Gasteiger charge is -2.15. The molecule has 0 spiro atoms. The van der Waals surface area contributed by atoms with Gasteiger partial charge in [0.25, 0.3) is 5.56 Å². The number of rotatable bonds is 7. The number of pyridine rings is 1. The van der Waals surface area contributed by atoms with Crippen molar-refractivity contribution in [3.8, 4) is 11.4 Å². The number of hydrogen-bond donors (Lipinski definition) is 1. The Balaban J connectivity index is 1.76. The van der Waals surface area contributed by atoms with Crippen molar-refractivity contribution in [3.05, 3.63) is 99.0 Å². The van der Waals surface area contributed by atoms with Gasteiger partial charge < -0.3 is 10.1 Å². The second-order valence-corrected chi connectivity index (χ2v) is 7.59. The van der Waals surface area contributed by atoms with Gasteiger partial charge in [0.15, 0.2) is 0 Å². The van der Waals surface area contributed by atoms with Gasteiger partial charge in [0.2, 0.25) is 5.91 Å². The lowest BCUT2D eigenvalue weighted by atomic mass is 10.1. The maximum absolute atomic E-state index is 13.4. The Bertz CT molecular complexity index is 1410. The number of carbonyl (C=O) groups is 1. The molecule has 2 aromatic heterocycles. The second kappa shape index (κ2) is 9.52. The first-order valence-corrected chi connectivity index (χ1v) is 10.6. The maximum atomic E-state index is 13.4. The zero-order valence-corrected chi connectivity index (χ0v) is 18.4. The summed E-state index contributed by atoms with van der Waals surface area (Å²) >= 11 is 0. The average molecular weight is 444 g/mol. The Morgan fingerprint density at radius 1 is 1.09 bits per heavy atom. The molecule has 1 amide bonds. The van der Waals surface area contributed by atoms with E-state index >= 15 is 0 Å². The van der Waals surface area contributed by atoms with Crippen LogP contribution in [-0.2, 0) is 17.9 Å². The molecule has 0 bridgehead atoms. The molecule has 2 heterocycles. The topological polar surface area (TPSA) is 95.2 Å². The van der Waals surface area contributed by atoms with Gasteiger partial charge in [-0.2, -0.15) is 0 Å². The summed E-state index contributed by atoms with van der Waals surface area (Å²) in [6.07, 6.45) is 3.32. The molecular weight excluding hydrogens is 420 g/mol. The largest absolute Gasteiger partial charge is 0.494 e. The van der Waals surface area contributed by atoms with Crippen LogP contribution in [-0.4, -0.2) is 26.6 Å². The molecule has 2 aromatic carbocycles. The van der Waals surface area contributed by atoms with Crippen molar-refractivity contribution >= 4 is 16.8 Å².